The molecular formula is C27H20N2O2. The summed E-state index contributed by atoms with van der Waals surface area (Å²) >= 11 is 0. The van der Waals surface area contributed by atoms with Crippen LogP contribution in [0.25, 0.3) is 16.8 Å². The van der Waals surface area contributed by atoms with Gasteiger partial charge in [0.05, 0.1) is 6.04 Å². The van der Waals surface area contributed by atoms with E-state index >= 15 is 0 Å². The van der Waals surface area contributed by atoms with E-state index in [1.165, 1.54) is 0 Å². The minimum atomic E-state index is -0.632. The smallest absolute Gasteiger partial charge is 0.262 e. The van der Waals surface area contributed by atoms with E-state index in [2.05, 4.69) is 5.32 Å². The lowest BCUT2D eigenvalue weighted by atomic mass is 9.92. The van der Waals surface area contributed by atoms with Crippen molar-refractivity contribution in [2.45, 2.75) is 6.04 Å². The van der Waals surface area contributed by atoms with Crippen LogP contribution in [0.15, 0.2) is 103 Å². The Balaban J connectivity index is 1.80. The Bertz CT molecular complexity index is 1290. The molecule has 0 saturated carbocycles. The molecule has 0 aliphatic carbocycles. The standard InChI is InChI=1S/C27H20N2O2/c28-18-22(17-19-9-3-1-4-10-19)27(31)29-26(21-12-5-2-6-13-21)25-23-14-8-7-11-20(23)15-16-24(25)30/h1-17,26,30H,(H,29,31)/b22-17+/t26-/m0/s1. The highest BCUT2D eigenvalue weighted by Crippen LogP contribution is 2.36. The summed E-state index contributed by atoms with van der Waals surface area (Å²) in [5, 5.41) is 25.1. The maximum Gasteiger partial charge on any atom is 0.262 e. The van der Waals surface area contributed by atoms with Crippen LogP contribution in [-0.4, -0.2) is 11.0 Å². The van der Waals surface area contributed by atoms with Gasteiger partial charge < -0.3 is 10.4 Å². The second-order valence-corrected chi connectivity index (χ2v) is 7.12. The van der Waals surface area contributed by atoms with Gasteiger partial charge in [-0.15, -0.1) is 0 Å². The van der Waals surface area contributed by atoms with Crippen LogP contribution in [0.1, 0.15) is 22.7 Å². The zero-order chi connectivity index (χ0) is 21.6. The second-order valence-electron chi connectivity index (χ2n) is 7.12. The molecule has 0 unspecified atom stereocenters. The fraction of sp³-hybridized carbons (Fsp3) is 0.0370. The lowest BCUT2D eigenvalue weighted by molar-refractivity contribution is -0.117. The summed E-state index contributed by atoms with van der Waals surface area (Å²) in [6.07, 6.45) is 1.56. The third-order valence-electron chi connectivity index (χ3n) is 5.12. The first-order chi connectivity index (χ1) is 15.2. The van der Waals surface area contributed by atoms with Gasteiger partial charge in [0.25, 0.3) is 5.91 Å². The molecule has 0 aliphatic heterocycles. The Hall–Kier alpha value is -4.36. The molecule has 0 aromatic heterocycles. The Morgan fingerprint density at radius 2 is 1.52 bits per heavy atom. The van der Waals surface area contributed by atoms with Crippen LogP contribution in [0.5, 0.6) is 5.75 Å². The van der Waals surface area contributed by atoms with Gasteiger partial charge >= 0.3 is 0 Å². The third kappa shape index (κ3) is 4.31. The summed E-state index contributed by atoms with van der Waals surface area (Å²) in [4.78, 5) is 13.1. The predicted molar refractivity (Wildman–Crippen MR) is 122 cm³/mol. The van der Waals surface area contributed by atoms with Gasteiger partial charge in [-0.2, -0.15) is 5.26 Å². The molecule has 150 valence electrons. The number of fused-ring (bicyclic) bond motifs is 1. The van der Waals surface area contributed by atoms with Gasteiger partial charge in [-0.05, 0) is 34.0 Å². The molecule has 0 heterocycles. The number of nitrogens with one attached hydrogen (secondary N) is 1. The van der Waals surface area contributed by atoms with Crippen molar-refractivity contribution in [2.75, 3.05) is 0 Å². The van der Waals surface area contributed by atoms with Gasteiger partial charge in [0, 0.05) is 5.56 Å². The number of carbonyl (C=O) groups excluding carboxylic acids is 1. The summed E-state index contributed by atoms with van der Waals surface area (Å²) < 4.78 is 0. The molecule has 4 heteroatoms. The maximum atomic E-state index is 13.1. The average Bonchev–Trinajstić information content (AvgIpc) is 2.82. The first-order valence-corrected chi connectivity index (χ1v) is 9.90. The molecule has 0 spiro atoms. The van der Waals surface area contributed by atoms with Crippen molar-refractivity contribution in [1.82, 2.24) is 5.32 Å². The number of nitrogens with zero attached hydrogens (tertiary/aromatic N) is 1. The van der Waals surface area contributed by atoms with Crippen molar-refractivity contribution in [3.8, 4) is 11.8 Å². The maximum absolute atomic E-state index is 13.1. The average molecular weight is 404 g/mol. The van der Waals surface area contributed by atoms with Crippen LogP contribution in [0.4, 0.5) is 0 Å². The summed E-state index contributed by atoms with van der Waals surface area (Å²) in [6.45, 7) is 0. The van der Waals surface area contributed by atoms with Crippen molar-refractivity contribution in [3.63, 3.8) is 0 Å². The van der Waals surface area contributed by atoms with Crippen LogP contribution >= 0.6 is 0 Å². The van der Waals surface area contributed by atoms with Crippen LogP contribution < -0.4 is 5.32 Å². The molecule has 0 saturated heterocycles. The first-order valence-electron chi connectivity index (χ1n) is 9.90. The molecule has 2 N–H and O–H groups in total. The van der Waals surface area contributed by atoms with E-state index < -0.39 is 11.9 Å². The van der Waals surface area contributed by atoms with E-state index in [1.807, 2.05) is 97.1 Å². The lowest BCUT2D eigenvalue weighted by Gasteiger charge is -2.22. The number of rotatable bonds is 5. The topological polar surface area (TPSA) is 73.1 Å². The van der Waals surface area contributed by atoms with Gasteiger partial charge in [0.1, 0.15) is 17.4 Å². The monoisotopic (exact) mass is 404 g/mol. The number of hydrogen-bond acceptors (Lipinski definition) is 3. The van der Waals surface area contributed by atoms with Crippen molar-refractivity contribution in [1.29, 1.82) is 5.26 Å². The Kier molecular flexibility index (Phi) is 5.77. The molecule has 4 aromatic carbocycles. The first kappa shape index (κ1) is 19.9. The predicted octanol–water partition coefficient (Wildman–Crippen LogP) is 5.36. The number of hydrogen-bond donors (Lipinski definition) is 2. The zero-order valence-electron chi connectivity index (χ0n) is 16.7. The highest BCUT2D eigenvalue weighted by molar-refractivity contribution is 6.02. The fourth-order valence-electron chi connectivity index (χ4n) is 3.63. The van der Waals surface area contributed by atoms with Crippen LogP contribution in [0.3, 0.4) is 0 Å². The van der Waals surface area contributed by atoms with Crippen molar-refractivity contribution in [2.24, 2.45) is 0 Å². The highest BCUT2D eigenvalue weighted by Gasteiger charge is 2.24. The number of amides is 1. The number of phenols is 1. The van der Waals surface area contributed by atoms with Crippen LogP contribution in [0, 0.1) is 11.3 Å². The lowest BCUT2D eigenvalue weighted by Crippen LogP contribution is -2.30. The normalized spacial score (nSPS) is 12.2. The summed E-state index contributed by atoms with van der Waals surface area (Å²) in [6, 6.07) is 31.2. The summed E-state index contributed by atoms with van der Waals surface area (Å²) in [5.74, 6) is -0.425. The quantitative estimate of drug-likeness (QED) is 0.347. The molecule has 4 rings (SSSR count). The van der Waals surface area contributed by atoms with E-state index in [0.717, 1.165) is 21.9 Å². The molecule has 0 radical (unpaired) electrons. The summed E-state index contributed by atoms with van der Waals surface area (Å²) in [7, 11) is 0. The number of carbonyl (C=O) groups is 1. The summed E-state index contributed by atoms with van der Waals surface area (Å²) in [5.41, 5.74) is 2.15. The molecule has 1 atom stereocenters. The molecule has 31 heavy (non-hydrogen) atoms. The third-order valence-corrected chi connectivity index (χ3v) is 5.12. The number of aromatic hydroxyl groups is 1. The molecule has 0 fully saturated rings. The van der Waals surface area contributed by atoms with Gasteiger partial charge in [0.2, 0.25) is 0 Å². The Morgan fingerprint density at radius 1 is 0.871 bits per heavy atom. The molecule has 1 amide bonds. The van der Waals surface area contributed by atoms with Crippen molar-refractivity contribution in [3.05, 3.63) is 119 Å². The largest absolute Gasteiger partial charge is 0.508 e. The van der Waals surface area contributed by atoms with Gasteiger partial charge in [-0.1, -0.05) is 91.0 Å². The van der Waals surface area contributed by atoms with Crippen LogP contribution in [0.2, 0.25) is 0 Å². The molecule has 4 nitrogen and oxygen atoms in total. The van der Waals surface area contributed by atoms with Crippen molar-refractivity contribution >= 4 is 22.8 Å². The Labute approximate surface area is 180 Å². The van der Waals surface area contributed by atoms with Gasteiger partial charge in [-0.25, -0.2) is 0 Å². The number of nitriles is 1. The SMILES string of the molecule is N#C/C(=C\c1ccccc1)C(=O)N[C@@H](c1ccccc1)c1c(O)ccc2ccccc12. The van der Waals surface area contributed by atoms with E-state index in [4.69, 9.17) is 0 Å². The van der Waals surface area contributed by atoms with Crippen molar-refractivity contribution < 1.29 is 9.90 Å². The molecule has 0 aliphatic rings. The minimum Gasteiger partial charge on any atom is -0.508 e. The molecular weight excluding hydrogens is 384 g/mol. The molecule has 0 bridgehead atoms. The van der Waals surface area contributed by atoms with E-state index in [0.29, 0.717) is 5.56 Å². The van der Waals surface area contributed by atoms with E-state index in [-0.39, 0.29) is 11.3 Å². The molecule has 4 aromatic rings. The number of benzene rings is 4. The van der Waals surface area contributed by atoms with Crippen LogP contribution in [-0.2, 0) is 4.79 Å². The zero-order valence-corrected chi connectivity index (χ0v) is 16.7. The minimum absolute atomic E-state index is 0.00754. The van der Waals surface area contributed by atoms with E-state index in [1.54, 1.807) is 12.1 Å². The second kappa shape index (κ2) is 8.98. The van der Waals surface area contributed by atoms with Gasteiger partial charge in [0.15, 0.2) is 0 Å². The van der Waals surface area contributed by atoms with Gasteiger partial charge in [-0.3, -0.25) is 4.79 Å². The highest BCUT2D eigenvalue weighted by atomic mass is 16.3. The Morgan fingerprint density at radius 3 is 2.23 bits per heavy atom. The fourth-order valence-corrected chi connectivity index (χ4v) is 3.63. The van der Waals surface area contributed by atoms with E-state index in [9.17, 15) is 15.2 Å². The number of phenolic OH excluding ortho intramolecular Hbond substituents is 1.